The molecule has 5 nitrogen and oxygen atoms in total. The average Bonchev–Trinajstić information content (AvgIpc) is 2.95. The molecule has 1 aliphatic heterocycles. The summed E-state index contributed by atoms with van der Waals surface area (Å²) in [7, 11) is 3.23. The van der Waals surface area contributed by atoms with Gasteiger partial charge in [-0.15, -0.1) is 0 Å². The molecule has 1 aliphatic rings. The fourth-order valence-electron chi connectivity index (χ4n) is 2.54. The van der Waals surface area contributed by atoms with Crippen molar-refractivity contribution in [3.05, 3.63) is 63.5 Å². The molecule has 0 radical (unpaired) electrons. The molecule has 140 valence electrons. The van der Waals surface area contributed by atoms with Crippen molar-refractivity contribution in [2.45, 2.75) is 0 Å². The number of amidine groups is 1. The van der Waals surface area contributed by atoms with Crippen LogP contribution in [0.15, 0.2) is 62.9 Å². The number of aliphatic imine (C=N–C) groups is 1. The van der Waals surface area contributed by atoms with Crippen LogP contribution in [0.3, 0.4) is 0 Å². The summed E-state index contributed by atoms with van der Waals surface area (Å²) in [6.45, 7) is 0.883. The molecule has 1 heterocycles. The van der Waals surface area contributed by atoms with Crippen LogP contribution >= 0.6 is 27.7 Å². The minimum absolute atomic E-state index is 0.0891. The molecule has 7 heteroatoms. The van der Waals surface area contributed by atoms with E-state index in [1.165, 1.54) is 11.8 Å². The Labute approximate surface area is 171 Å². The summed E-state index contributed by atoms with van der Waals surface area (Å²) in [6, 6.07) is 15.3. The molecule has 0 unspecified atom stereocenters. The van der Waals surface area contributed by atoms with Crippen molar-refractivity contribution in [2.24, 2.45) is 4.99 Å². The van der Waals surface area contributed by atoms with Crippen molar-refractivity contribution in [1.29, 1.82) is 0 Å². The van der Waals surface area contributed by atoms with Gasteiger partial charge in [-0.1, -0.05) is 34.1 Å². The van der Waals surface area contributed by atoms with Gasteiger partial charge in [0.2, 0.25) is 0 Å². The predicted molar refractivity (Wildman–Crippen MR) is 113 cm³/mol. The maximum atomic E-state index is 12.9. The summed E-state index contributed by atoms with van der Waals surface area (Å²) in [5, 5.41) is 0.642. The minimum atomic E-state index is -0.0891. The highest BCUT2D eigenvalue weighted by Gasteiger charge is 2.33. The zero-order valence-corrected chi connectivity index (χ0v) is 17.4. The van der Waals surface area contributed by atoms with Crippen LogP contribution in [0.2, 0.25) is 0 Å². The topological polar surface area (TPSA) is 51.1 Å². The normalized spacial score (nSPS) is 17.1. The van der Waals surface area contributed by atoms with Crippen LogP contribution in [0.5, 0.6) is 5.75 Å². The van der Waals surface area contributed by atoms with Gasteiger partial charge >= 0.3 is 0 Å². The molecular weight excluding hydrogens is 428 g/mol. The number of hydrogen-bond donors (Lipinski definition) is 0. The van der Waals surface area contributed by atoms with E-state index >= 15 is 0 Å². The number of para-hydroxylation sites is 1. The van der Waals surface area contributed by atoms with E-state index in [9.17, 15) is 4.79 Å². The summed E-state index contributed by atoms with van der Waals surface area (Å²) in [4.78, 5) is 19.8. The van der Waals surface area contributed by atoms with Crippen LogP contribution in [0, 0.1) is 0 Å². The lowest BCUT2D eigenvalue weighted by atomic mass is 10.2. The first kappa shape index (κ1) is 19.7. The number of hydrogen-bond acceptors (Lipinski definition) is 5. The molecule has 2 aromatic carbocycles. The maximum absolute atomic E-state index is 12.9. The third kappa shape index (κ3) is 4.80. The Balaban J connectivity index is 1.97. The Hall–Kier alpha value is -2.09. The second-order valence-electron chi connectivity index (χ2n) is 5.68. The van der Waals surface area contributed by atoms with E-state index in [1.807, 2.05) is 54.6 Å². The first-order valence-corrected chi connectivity index (χ1v) is 9.91. The van der Waals surface area contributed by atoms with Gasteiger partial charge in [-0.2, -0.15) is 0 Å². The van der Waals surface area contributed by atoms with Crippen molar-refractivity contribution in [2.75, 3.05) is 27.4 Å². The first-order valence-electron chi connectivity index (χ1n) is 8.30. The van der Waals surface area contributed by atoms with Gasteiger partial charge in [-0.25, -0.2) is 4.99 Å². The van der Waals surface area contributed by atoms with Crippen LogP contribution in [-0.2, 0) is 9.53 Å². The number of methoxy groups -OCH3 is 2. The second kappa shape index (κ2) is 9.21. The zero-order valence-electron chi connectivity index (χ0n) is 15.0. The van der Waals surface area contributed by atoms with Crippen molar-refractivity contribution >= 4 is 50.5 Å². The Morgan fingerprint density at radius 1 is 1.19 bits per heavy atom. The van der Waals surface area contributed by atoms with Crippen LogP contribution in [-0.4, -0.2) is 43.3 Å². The van der Waals surface area contributed by atoms with E-state index in [-0.39, 0.29) is 5.91 Å². The van der Waals surface area contributed by atoms with Gasteiger partial charge < -0.3 is 9.47 Å². The second-order valence-corrected chi connectivity index (χ2v) is 7.60. The van der Waals surface area contributed by atoms with Crippen molar-refractivity contribution in [3.63, 3.8) is 0 Å². The molecule has 0 aromatic heterocycles. The molecule has 1 fully saturated rings. The van der Waals surface area contributed by atoms with Crippen molar-refractivity contribution in [3.8, 4) is 5.75 Å². The predicted octanol–water partition coefficient (Wildman–Crippen LogP) is 4.71. The molecule has 0 atom stereocenters. The van der Waals surface area contributed by atoms with Crippen LogP contribution < -0.4 is 4.74 Å². The molecule has 0 N–H and O–H groups in total. The van der Waals surface area contributed by atoms with E-state index < -0.39 is 0 Å². The van der Waals surface area contributed by atoms with Gasteiger partial charge in [0.1, 0.15) is 5.75 Å². The number of carbonyl (C=O) groups is 1. The molecule has 0 saturated carbocycles. The standard InChI is InChI=1S/C20H19BrN2O3S/c1-25-11-10-23-19(24)18(13-14-12-15(21)8-9-17(14)26-2)27-20(23)22-16-6-4-3-5-7-16/h3-9,12-13H,10-11H2,1-2H3/b18-13-,22-20?. The number of halogens is 1. The molecule has 1 saturated heterocycles. The fraction of sp³-hybridized carbons (Fsp3) is 0.200. The number of carbonyl (C=O) groups excluding carboxylic acids is 1. The van der Waals surface area contributed by atoms with Gasteiger partial charge in [-0.05, 0) is 48.2 Å². The minimum Gasteiger partial charge on any atom is -0.496 e. The maximum Gasteiger partial charge on any atom is 0.266 e. The SMILES string of the molecule is COCCN1C(=O)/C(=C/c2cc(Br)ccc2OC)SC1=Nc1ccccc1. The number of nitrogens with zero attached hydrogens (tertiary/aromatic N) is 2. The van der Waals surface area contributed by atoms with Crippen LogP contribution in [0.4, 0.5) is 5.69 Å². The monoisotopic (exact) mass is 446 g/mol. The van der Waals surface area contributed by atoms with Gasteiger partial charge in [-0.3, -0.25) is 9.69 Å². The molecule has 2 aromatic rings. The van der Waals surface area contributed by atoms with Gasteiger partial charge in [0.15, 0.2) is 5.17 Å². The molecular formula is C20H19BrN2O3S. The lowest BCUT2D eigenvalue weighted by molar-refractivity contribution is -0.122. The summed E-state index contributed by atoms with van der Waals surface area (Å²) in [5.41, 5.74) is 1.63. The van der Waals surface area contributed by atoms with Crippen LogP contribution in [0.1, 0.15) is 5.56 Å². The van der Waals surface area contributed by atoms with Crippen molar-refractivity contribution < 1.29 is 14.3 Å². The highest BCUT2D eigenvalue weighted by atomic mass is 79.9. The molecule has 1 amide bonds. The Kier molecular flexibility index (Phi) is 6.71. The number of thioether (sulfide) groups is 1. The Morgan fingerprint density at radius 3 is 2.67 bits per heavy atom. The molecule has 27 heavy (non-hydrogen) atoms. The highest BCUT2D eigenvalue weighted by Crippen LogP contribution is 2.36. The third-order valence-corrected chi connectivity index (χ3v) is 5.37. The summed E-state index contributed by atoms with van der Waals surface area (Å²) < 4.78 is 11.5. The van der Waals surface area contributed by atoms with E-state index in [0.29, 0.717) is 29.0 Å². The number of amides is 1. The number of ether oxygens (including phenoxy) is 2. The quantitative estimate of drug-likeness (QED) is 0.602. The summed E-state index contributed by atoms with van der Waals surface area (Å²) >= 11 is 4.82. The zero-order chi connectivity index (χ0) is 19.2. The summed E-state index contributed by atoms with van der Waals surface area (Å²) in [6.07, 6.45) is 1.84. The van der Waals surface area contributed by atoms with E-state index in [1.54, 1.807) is 19.1 Å². The smallest absolute Gasteiger partial charge is 0.266 e. The van der Waals surface area contributed by atoms with Gasteiger partial charge in [0.25, 0.3) is 5.91 Å². The van der Waals surface area contributed by atoms with Gasteiger partial charge in [0, 0.05) is 17.1 Å². The molecule has 3 rings (SSSR count). The van der Waals surface area contributed by atoms with Crippen LogP contribution in [0.25, 0.3) is 6.08 Å². The first-order chi connectivity index (χ1) is 13.1. The largest absolute Gasteiger partial charge is 0.496 e. The third-order valence-electron chi connectivity index (χ3n) is 3.87. The van der Waals surface area contributed by atoms with E-state index in [0.717, 1.165) is 15.7 Å². The summed E-state index contributed by atoms with van der Waals surface area (Å²) in [5.74, 6) is 0.616. The van der Waals surface area contributed by atoms with Gasteiger partial charge in [0.05, 0.1) is 30.9 Å². The number of rotatable bonds is 6. The number of benzene rings is 2. The van der Waals surface area contributed by atoms with Crippen molar-refractivity contribution in [1.82, 2.24) is 4.90 Å². The molecule has 0 aliphatic carbocycles. The molecule has 0 spiro atoms. The van der Waals surface area contributed by atoms with E-state index in [4.69, 9.17) is 9.47 Å². The highest BCUT2D eigenvalue weighted by molar-refractivity contribution is 9.10. The molecule has 0 bridgehead atoms. The Bertz CT molecular complexity index is 884. The fourth-order valence-corrected chi connectivity index (χ4v) is 3.94. The lowest BCUT2D eigenvalue weighted by Crippen LogP contribution is -2.32. The van der Waals surface area contributed by atoms with E-state index in [2.05, 4.69) is 20.9 Å². The lowest BCUT2D eigenvalue weighted by Gasteiger charge is -2.14. The average molecular weight is 447 g/mol. The Morgan fingerprint density at radius 2 is 1.96 bits per heavy atom.